The van der Waals surface area contributed by atoms with E-state index in [0.717, 1.165) is 0 Å². The number of rotatable bonds is 9. The largest absolute Gasteiger partial charge is 0.490 e. The van der Waals surface area contributed by atoms with Crippen molar-refractivity contribution < 1.29 is 19.1 Å². The molecule has 0 heterocycles. The minimum Gasteiger partial charge on any atom is -0.490 e. The molecule has 0 bridgehead atoms. The molecule has 0 aliphatic rings. The number of nitrogens with zero attached hydrogens (tertiary/aromatic N) is 1. The Morgan fingerprint density at radius 2 is 1.49 bits per heavy atom. The maximum Gasteiger partial charge on any atom is 0.266 e. The standard InChI is InChI=1S/C26H21Cl2N3O4/c1-2-34-24-14-17(13-18(15-29)26(33)31-22-10-6-20(28)7-11-22)3-12-23(24)35-16-25(32)30-21-8-4-19(27)5-9-21/h3-14H,2,16H2,1H3,(H,30,32)(H,31,33)/b18-13+. The van der Waals surface area contributed by atoms with Crippen LogP contribution < -0.4 is 20.1 Å². The first-order valence-corrected chi connectivity index (χ1v) is 11.3. The Hall–Kier alpha value is -3.99. The molecule has 0 aliphatic heterocycles. The Morgan fingerprint density at radius 3 is 2.06 bits per heavy atom. The molecule has 0 aliphatic carbocycles. The summed E-state index contributed by atoms with van der Waals surface area (Å²) >= 11 is 11.7. The Morgan fingerprint density at radius 1 is 0.886 bits per heavy atom. The van der Waals surface area contributed by atoms with E-state index in [9.17, 15) is 14.9 Å². The van der Waals surface area contributed by atoms with Crippen LogP contribution in [0.2, 0.25) is 10.0 Å². The van der Waals surface area contributed by atoms with Crippen molar-refractivity contribution in [2.24, 2.45) is 0 Å². The summed E-state index contributed by atoms with van der Waals surface area (Å²) in [6, 6.07) is 20.0. The van der Waals surface area contributed by atoms with Gasteiger partial charge in [-0.3, -0.25) is 9.59 Å². The first-order valence-electron chi connectivity index (χ1n) is 10.5. The maximum absolute atomic E-state index is 12.5. The van der Waals surface area contributed by atoms with Gasteiger partial charge in [-0.25, -0.2) is 0 Å². The Kier molecular flexibility index (Phi) is 9.13. The van der Waals surface area contributed by atoms with E-state index < -0.39 is 5.91 Å². The van der Waals surface area contributed by atoms with Gasteiger partial charge in [-0.1, -0.05) is 29.3 Å². The minimum absolute atomic E-state index is 0.0987. The zero-order valence-electron chi connectivity index (χ0n) is 18.7. The van der Waals surface area contributed by atoms with Gasteiger partial charge in [0.1, 0.15) is 11.6 Å². The highest BCUT2D eigenvalue weighted by atomic mass is 35.5. The quantitative estimate of drug-likeness (QED) is 0.274. The number of hydrogen-bond acceptors (Lipinski definition) is 5. The van der Waals surface area contributed by atoms with Crippen LogP contribution >= 0.6 is 23.2 Å². The molecule has 35 heavy (non-hydrogen) atoms. The molecule has 2 N–H and O–H groups in total. The molecular formula is C26H21Cl2N3O4. The zero-order chi connectivity index (χ0) is 25.2. The first kappa shape index (κ1) is 25.6. The maximum atomic E-state index is 12.5. The normalized spacial score (nSPS) is 10.7. The molecule has 9 heteroatoms. The highest BCUT2D eigenvalue weighted by Crippen LogP contribution is 2.29. The van der Waals surface area contributed by atoms with Crippen LogP contribution in [-0.4, -0.2) is 25.0 Å². The smallest absolute Gasteiger partial charge is 0.266 e. The monoisotopic (exact) mass is 509 g/mol. The van der Waals surface area contributed by atoms with E-state index in [0.29, 0.717) is 45.1 Å². The number of ether oxygens (including phenoxy) is 2. The summed E-state index contributed by atoms with van der Waals surface area (Å²) in [5.74, 6) is -0.202. The highest BCUT2D eigenvalue weighted by Gasteiger charge is 2.13. The second-order valence-electron chi connectivity index (χ2n) is 7.11. The molecule has 0 radical (unpaired) electrons. The third-order valence-corrected chi connectivity index (χ3v) is 5.04. The summed E-state index contributed by atoms with van der Waals surface area (Å²) in [6.45, 7) is 1.91. The summed E-state index contributed by atoms with van der Waals surface area (Å²) in [5, 5.41) is 15.9. The van der Waals surface area contributed by atoms with Crippen molar-refractivity contribution >= 4 is 52.5 Å². The second-order valence-corrected chi connectivity index (χ2v) is 7.99. The van der Waals surface area contributed by atoms with E-state index in [2.05, 4.69) is 10.6 Å². The average Bonchev–Trinajstić information content (AvgIpc) is 2.85. The van der Waals surface area contributed by atoms with Crippen LogP contribution in [0.25, 0.3) is 6.08 Å². The molecule has 7 nitrogen and oxygen atoms in total. The number of hydrogen-bond donors (Lipinski definition) is 2. The molecule has 178 valence electrons. The van der Waals surface area contributed by atoms with Crippen molar-refractivity contribution in [3.8, 4) is 17.6 Å². The molecule has 0 fully saturated rings. The van der Waals surface area contributed by atoms with Crippen LogP contribution in [0.5, 0.6) is 11.5 Å². The fourth-order valence-electron chi connectivity index (χ4n) is 2.92. The molecular weight excluding hydrogens is 489 g/mol. The van der Waals surface area contributed by atoms with E-state index in [1.165, 1.54) is 6.08 Å². The lowest BCUT2D eigenvalue weighted by Crippen LogP contribution is -2.20. The van der Waals surface area contributed by atoms with Gasteiger partial charge in [0.2, 0.25) is 0 Å². The molecule has 0 atom stereocenters. The average molecular weight is 510 g/mol. The number of carbonyl (C=O) groups is 2. The molecule has 0 unspecified atom stereocenters. The van der Waals surface area contributed by atoms with E-state index in [1.54, 1.807) is 73.7 Å². The number of halogens is 2. The van der Waals surface area contributed by atoms with Gasteiger partial charge in [0.15, 0.2) is 18.1 Å². The third-order valence-electron chi connectivity index (χ3n) is 4.53. The molecule has 0 saturated heterocycles. The van der Waals surface area contributed by atoms with Crippen molar-refractivity contribution in [3.05, 3.63) is 87.9 Å². The number of anilines is 2. The Labute approximate surface area is 212 Å². The van der Waals surface area contributed by atoms with E-state index in [4.69, 9.17) is 32.7 Å². The van der Waals surface area contributed by atoms with Crippen molar-refractivity contribution in [1.82, 2.24) is 0 Å². The second kappa shape index (κ2) is 12.5. The zero-order valence-corrected chi connectivity index (χ0v) is 20.2. The van der Waals surface area contributed by atoms with Crippen molar-refractivity contribution in [2.45, 2.75) is 6.92 Å². The fraction of sp³-hybridized carbons (Fsp3) is 0.115. The summed E-state index contributed by atoms with van der Waals surface area (Å²) in [4.78, 5) is 24.7. The predicted molar refractivity (Wildman–Crippen MR) is 137 cm³/mol. The third kappa shape index (κ3) is 7.78. The number of carbonyl (C=O) groups excluding carboxylic acids is 2. The lowest BCUT2D eigenvalue weighted by molar-refractivity contribution is -0.118. The van der Waals surface area contributed by atoms with Crippen LogP contribution in [0.15, 0.2) is 72.3 Å². The first-order chi connectivity index (χ1) is 16.9. The van der Waals surface area contributed by atoms with Gasteiger partial charge >= 0.3 is 0 Å². The van der Waals surface area contributed by atoms with Crippen molar-refractivity contribution in [2.75, 3.05) is 23.8 Å². The minimum atomic E-state index is -0.563. The van der Waals surface area contributed by atoms with E-state index in [1.807, 2.05) is 6.07 Å². The number of nitrogens with one attached hydrogen (secondary N) is 2. The summed E-state index contributed by atoms with van der Waals surface area (Å²) < 4.78 is 11.3. The van der Waals surface area contributed by atoms with Crippen LogP contribution in [0.3, 0.4) is 0 Å². The molecule has 0 spiro atoms. The molecule has 2 amide bonds. The lowest BCUT2D eigenvalue weighted by Gasteiger charge is -2.13. The molecule has 3 aromatic carbocycles. The number of amides is 2. The van der Waals surface area contributed by atoms with Gasteiger partial charge in [-0.05, 0) is 79.2 Å². The van der Waals surface area contributed by atoms with Gasteiger partial charge in [0, 0.05) is 21.4 Å². The van der Waals surface area contributed by atoms with Crippen molar-refractivity contribution in [1.29, 1.82) is 5.26 Å². The summed E-state index contributed by atoms with van der Waals surface area (Å²) in [7, 11) is 0. The van der Waals surface area contributed by atoms with Gasteiger partial charge in [0.05, 0.1) is 6.61 Å². The number of nitriles is 1. The van der Waals surface area contributed by atoms with Crippen molar-refractivity contribution in [3.63, 3.8) is 0 Å². The van der Waals surface area contributed by atoms with E-state index in [-0.39, 0.29) is 18.1 Å². The Balaban J connectivity index is 1.69. The van der Waals surface area contributed by atoms with E-state index >= 15 is 0 Å². The fourth-order valence-corrected chi connectivity index (χ4v) is 3.17. The topological polar surface area (TPSA) is 100 Å². The van der Waals surface area contributed by atoms with Gasteiger partial charge in [0.25, 0.3) is 11.8 Å². The van der Waals surface area contributed by atoms with Crippen LogP contribution in [0, 0.1) is 11.3 Å². The lowest BCUT2D eigenvalue weighted by atomic mass is 10.1. The van der Waals surface area contributed by atoms with Crippen LogP contribution in [0.4, 0.5) is 11.4 Å². The molecule has 3 rings (SSSR count). The Bertz CT molecular complexity index is 1270. The van der Waals surface area contributed by atoms with Gasteiger partial charge in [-0.15, -0.1) is 0 Å². The van der Waals surface area contributed by atoms with Crippen LogP contribution in [0.1, 0.15) is 12.5 Å². The van der Waals surface area contributed by atoms with Crippen LogP contribution in [-0.2, 0) is 9.59 Å². The SMILES string of the molecule is CCOc1cc(/C=C(\C#N)C(=O)Nc2ccc(Cl)cc2)ccc1OCC(=O)Nc1ccc(Cl)cc1. The summed E-state index contributed by atoms with van der Waals surface area (Å²) in [6.07, 6.45) is 1.44. The predicted octanol–water partition coefficient (Wildman–Crippen LogP) is 5.96. The van der Waals surface area contributed by atoms with Gasteiger partial charge < -0.3 is 20.1 Å². The summed E-state index contributed by atoms with van der Waals surface area (Å²) in [5.41, 5.74) is 1.55. The molecule has 0 saturated carbocycles. The highest BCUT2D eigenvalue weighted by molar-refractivity contribution is 6.31. The molecule has 0 aromatic heterocycles. The van der Waals surface area contributed by atoms with Gasteiger partial charge in [-0.2, -0.15) is 5.26 Å². The molecule has 3 aromatic rings. The number of benzene rings is 3.